The summed E-state index contributed by atoms with van der Waals surface area (Å²) in [5.41, 5.74) is 2.90. The number of benzene rings is 1. The molecule has 0 radical (unpaired) electrons. The van der Waals surface area contributed by atoms with E-state index in [0.717, 1.165) is 30.7 Å². The maximum atomic E-state index is 12.6. The van der Waals surface area contributed by atoms with Crippen LogP contribution < -0.4 is 0 Å². The van der Waals surface area contributed by atoms with E-state index in [1.807, 2.05) is 0 Å². The minimum atomic E-state index is -0.519. The van der Waals surface area contributed by atoms with Crippen LogP contribution in [0.25, 0.3) is 0 Å². The van der Waals surface area contributed by atoms with Crippen molar-refractivity contribution in [3.05, 3.63) is 59.7 Å². The van der Waals surface area contributed by atoms with Gasteiger partial charge in [-0.2, -0.15) is 0 Å². The van der Waals surface area contributed by atoms with Crippen molar-refractivity contribution < 1.29 is 28.5 Å². The van der Waals surface area contributed by atoms with E-state index in [2.05, 4.69) is 44.3 Å². The minimum Gasteiger partial charge on any atom is -0.462 e. The Bertz CT molecular complexity index is 922. The van der Waals surface area contributed by atoms with Gasteiger partial charge in [0.25, 0.3) is 0 Å². The second kappa shape index (κ2) is 16.6. The third-order valence-corrected chi connectivity index (χ3v) is 7.99. The van der Waals surface area contributed by atoms with Crippen LogP contribution in [0.1, 0.15) is 107 Å². The van der Waals surface area contributed by atoms with E-state index in [0.29, 0.717) is 18.1 Å². The summed E-state index contributed by atoms with van der Waals surface area (Å²) >= 11 is 0. The van der Waals surface area contributed by atoms with E-state index < -0.39 is 11.9 Å². The van der Waals surface area contributed by atoms with Crippen molar-refractivity contribution in [1.82, 2.24) is 0 Å². The molecule has 2 aliphatic rings. The van der Waals surface area contributed by atoms with E-state index in [-0.39, 0.29) is 37.6 Å². The minimum absolute atomic E-state index is 0.0638. The highest BCUT2D eigenvalue weighted by atomic mass is 16.7. The topological polar surface area (TPSA) is 71.1 Å². The SMILES string of the molecule is C=C(C)C(=O)OCC(COC(=O)C(=C)COC1CCCCO1)c1ccc(C2CCC(CCCCC)CC2)cc1. The lowest BCUT2D eigenvalue weighted by Gasteiger charge is -2.29. The fourth-order valence-corrected chi connectivity index (χ4v) is 5.42. The van der Waals surface area contributed by atoms with Gasteiger partial charge in [0.2, 0.25) is 0 Å². The van der Waals surface area contributed by atoms with Crippen LogP contribution in [0.15, 0.2) is 48.6 Å². The average Bonchev–Trinajstić information content (AvgIpc) is 2.96. The van der Waals surface area contributed by atoms with Crippen LogP contribution in [0.3, 0.4) is 0 Å². The fourth-order valence-electron chi connectivity index (χ4n) is 5.42. The highest BCUT2D eigenvalue weighted by Gasteiger charge is 2.24. The first-order valence-electron chi connectivity index (χ1n) is 14.9. The van der Waals surface area contributed by atoms with Gasteiger partial charge >= 0.3 is 11.9 Å². The first-order valence-corrected chi connectivity index (χ1v) is 14.9. The Kier molecular flexibility index (Phi) is 13.2. The summed E-state index contributed by atoms with van der Waals surface area (Å²) in [5, 5.41) is 0. The molecule has 2 unspecified atom stereocenters. The number of hydrogen-bond donors (Lipinski definition) is 0. The quantitative estimate of drug-likeness (QED) is 0.131. The summed E-state index contributed by atoms with van der Waals surface area (Å²) in [4.78, 5) is 24.7. The lowest BCUT2D eigenvalue weighted by molar-refractivity contribution is -0.161. The van der Waals surface area contributed by atoms with Crippen LogP contribution >= 0.6 is 0 Å². The standard InChI is InChI=1S/C33H48O6/c1-5-6-7-10-26-12-14-27(15-13-26)28-16-18-29(19-17-28)30(22-38-32(34)24(2)3)23-39-33(35)25(4)21-37-31-11-8-9-20-36-31/h16-19,26-27,30-31H,2,4-15,20-23H2,1,3H3. The number of rotatable bonds is 15. The summed E-state index contributed by atoms with van der Waals surface area (Å²) in [5.74, 6) is 0.203. The van der Waals surface area contributed by atoms with Gasteiger partial charge in [0.05, 0.1) is 18.1 Å². The maximum Gasteiger partial charge on any atom is 0.335 e. The number of carbonyl (C=O) groups excluding carboxylic acids is 2. The van der Waals surface area contributed by atoms with Gasteiger partial charge in [-0.1, -0.05) is 70.0 Å². The molecule has 1 aliphatic carbocycles. The first-order chi connectivity index (χ1) is 18.9. The molecule has 0 spiro atoms. The maximum absolute atomic E-state index is 12.6. The predicted molar refractivity (Wildman–Crippen MR) is 153 cm³/mol. The molecule has 6 heteroatoms. The van der Waals surface area contributed by atoms with Crippen molar-refractivity contribution in [2.24, 2.45) is 5.92 Å². The number of hydrogen-bond acceptors (Lipinski definition) is 6. The molecule has 3 rings (SSSR count). The molecule has 2 fully saturated rings. The molecule has 6 nitrogen and oxygen atoms in total. The molecule has 1 heterocycles. The molecular weight excluding hydrogens is 492 g/mol. The lowest BCUT2D eigenvalue weighted by atomic mass is 9.77. The van der Waals surface area contributed by atoms with Gasteiger partial charge in [-0.25, -0.2) is 9.59 Å². The number of esters is 2. The predicted octanol–water partition coefficient (Wildman–Crippen LogP) is 7.39. The van der Waals surface area contributed by atoms with Crippen molar-refractivity contribution in [3.63, 3.8) is 0 Å². The molecule has 39 heavy (non-hydrogen) atoms. The van der Waals surface area contributed by atoms with Gasteiger partial charge in [0, 0.05) is 12.2 Å². The molecule has 1 aliphatic heterocycles. The Morgan fingerprint density at radius 1 is 0.949 bits per heavy atom. The zero-order valence-electron chi connectivity index (χ0n) is 24.1. The van der Waals surface area contributed by atoms with E-state index in [4.69, 9.17) is 18.9 Å². The van der Waals surface area contributed by atoms with Gasteiger partial charge in [0.15, 0.2) is 6.29 Å². The number of carbonyl (C=O) groups is 2. The van der Waals surface area contributed by atoms with Gasteiger partial charge in [-0.15, -0.1) is 0 Å². The number of unbranched alkanes of at least 4 members (excludes halogenated alkanes) is 2. The normalized spacial score (nSPS) is 22.1. The van der Waals surface area contributed by atoms with Crippen molar-refractivity contribution in [2.75, 3.05) is 26.4 Å². The summed E-state index contributed by atoms with van der Waals surface area (Å²) in [7, 11) is 0. The molecule has 0 bridgehead atoms. The smallest absolute Gasteiger partial charge is 0.335 e. The van der Waals surface area contributed by atoms with Crippen molar-refractivity contribution in [2.45, 2.75) is 103 Å². The van der Waals surface area contributed by atoms with Crippen LogP contribution in [0.5, 0.6) is 0 Å². The van der Waals surface area contributed by atoms with E-state index in [1.54, 1.807) is 6.92 Å². The highest BCUT2D eigenvalue weighted by molar-refractivity contribution is 5.88. The van der Waals surface area contributed by atoms with Crippen molar-refractivity contribution in [3.8, 4) is 0 Å². The molecular formula is C33H48O6. The second-order valence-electron chi connectivity index (χ2n) is 11.3. The van der Waals surface area contributed by atoms with Gasteiger partial charge in [-0.3, -0.25) is 0 Å². The Morgan fingerprint density at radius 3 is 2.26 bits per heavy atom. The van der Waals surface area contributed by atoms with E-state index in [9.17, 15) is 9.59 Å². The highest BCUT2D eigenvalue weighted by Crippen LogP contribution is 2.38. The summed E-state index contributed by atoms with van der Waals surface area (Å²) < 4.78 is 22.2. The molecule has 1 saturated heterocycles. The molecule has 1 aromatic rings. The third kappa shape index (κ3) is 10.6. The summed E-state index contributed by atoms with van der Waals surface area (Å²) in [6, 6.07) is 8.52. The Balaban J connectivity index is 1.54. The molecule has 216 valence electrons. The third-order valence-electron chi connectivity index (χ3n) is 7.99. The monoisotopic (exact) mass is 540 g/mol. The number of ether oxygens (including phenoxy) is 4. The van der Waals surface area contributed by atoms with E-state index >= 15 is 0 Å². The second-order valence-corrected chi connectivity index (χ2v) is 11.3. The van der Waals surface area contributed by atoms with Crippen LogP contribution in [0.2, 0.25) is 0 Å². The zero-order chi connectivity index (χ0) is 28.0. The van der Waals surface area contributed by atoms with Crippen molar-refractivity contribution in [1.29, 1.82) is 0 Å². The van der Waals surface area contributed by atoms with Crippen molar-refractivity contribution >= 4 is 11.9 Å². The molecule has 2 atom stereocenters. The Labute approximate surface area is 235 Å². The molecule has 1 saturated carbocycles. The Morgan fingerprint density at radius 2 is 1.64 bits per heavy atom. The lowest BCUT2D eigenvalue weighted by Crippen LogP contribution is -2.25. The largest absolute Gasteiger partial charge is 0.462 e. The first kappa shape index (κ1) is 31.1. The summed E-state index contributed by atoms with van der Waals surface area (Å²) in [6.07, 6.45) is 13.1. The van der Waals surface area contributed by atoms with Crippen LogP contribution in [-0.4, -0.2) is 44.7 Å². The van der Waals surface area contributed by atoms with E-state index in [1.165, 1.54) is 56.9 Å². The summed E-state index contributed by atoms with van der Waals surface area (Å²) in [6.45, 7) is 12.3. The molecule has 0 aromatic heterocycles. The molecule has 1 aromatic carbocycles. The van der Waals surface area contributed by atoms with Crippen LogP contribution in [0.4, 0.5) is 0 Å². The average molecular weight is 541 g/mol. The fraction of sp³-hybridized carbons (Fsp3) is 0.636. The van der Waals surface area contributed by atoms with Gasteiger partial charge < -0.3 is 18.9 Å². The van der Waals surface area contributed by atoms with Crippen LogP contribution in [-0.2, 0) is 28.5 Å². The van der Waals surface area contributed by atoms with Crippen LogP contribution in [0, 0.1) is 5.92 Å². The van der Waals surface area contributed by atoms with Gasteiger partial charge in [0.1, 0.15) is 13.2 Å². The zero-order valence-corrected chi connectivity index (χ0v) is 24.1. The Hall–Kier alpha value is -2.44. The molecule has 0 N–H and O–H groups in total. The molecule has 0 amide bonds. The van der Waals surface area contributed by atoms with Gasteiger partial charge in [-0.05, 0) is 74.8 Å².